The Kier molecular flexibility index (Phi) is 4.00. The van der Waals surface area contributed by atoms with Gasteiger partial charge in [0, 0.05) is 6.92 Å². The third kappa shape index (κ3) is 2.64. The monoisotopic (exact) mass is 221 g/mol. The highest BCUT2D eigenvalue weighted by molar-refractivity contribution is 5.73. The van der Waals surface area contributed by atoms with Gasteiger partial charge in [0.1, 0.15) is 24.4 Å². The van der Waals surface area contributed by atoms with E-state index in [0.29, 0.717) is 0 Å². The van der Waals surface area contributed by atoms with Crippen molar-refractivity contribution in [3.63, 3.8) is 0 Å². The Balaban J connectivity index is 2.70. The zero-order valence-electron chi connectivity index (χ0n) is 8.20. The quantitative estimate of drug-likeness (QED) is 0.337. The molecule has 15 heavy (non-hydrogen) atoms. The van der Waals surface area contributed by atoms with Gasteiger partial charge in [-0.25, -0.2) is 0 Å². The van der Waals surface area contributed by atoms with Crippen LogP contribution in [0.3, 0.4) is 0 Å². The van der Waals surface area contributed by atoms with Gasteiger partial charge in [-0.15, -0.1) is 0 Å². The van der Waals surface area contributed by atoms with E-state index < -0.39 is 43.2 Å². The van der Waals surface area contributed by atoms with Crippen molar-refractivity contribution in [1.82, 2.24) is 5.32 Å². The Labute approximate surface area is 86.3 Å². The van der Waals surface area contributed by atoms with E-state index in [1.54, 1.807) is 0 Å². The van der Waals surface area contributed by atoms with E-state index in [2.05, 4.69) is 5.32 Å². The standard InChI is InChI=1S/C8H15NO6/c1-3(11)9-5-7(13)6(12)4(2-10)15-8(5)14/h4-8,10,12-14H,2H2,1H3,(H,9,11)/t4?,5-,6?,7?,8?/m0/s1. The second-order valence-corrected chi connectivity index (χ2v) is 3.46. The predicted octanol–water partition coefficient (Wildman–Crippen LogP) is -3.08. The molecule has 0 saturated carbocycles. The number of ether oxygens (including phenoxy) is 1. The van der Waals surface area contributed by atoms with Crippen LogP contribution in [0.5, 0.6) is 0 Å². The highest BCUT2D eigenvalue weighted by Crippen LogP contribution is 2.19. The lowest BCUT2D eigenvalue weighted by molar-refractivity contribution is -0.253. The van der Waals surface area contributed by atoms with Crippen LogP contribution in [0, 0.1) is 0 Å². The van der Waals surface area contributed by atoms with Gasteiger partial charge < -0.3 is 30.5 Å². The van der Waals surface area contributed by atoms with E-state index in [4.69, 9.17) is 9.84 Å². The maximum atomic E-state index is 10.7. The van der Waals surface area contributed by atoms with Crippen molar-refractivity contribution >= 4 is 5.91 Å². The van der Waals surface area contributed by atoms with Crippen LogP contribution in [-0.2, 0) is 9.53 Å². The molecule has 1 saturated heterocycles. The highest BCUT2D eigenvalue weighted by Gasteiger charge is 2.43. The molecule has 5 atom stereocenters. The second-order valence-electron chi connectivity index (χ2n) is 3.46. The van der Waals surface area contributed by atoms with Crippen LogP contribution in [0.2, 0.25) is 0 Å². The van der Waals surface area contributed by atoms with Crippen molar-refractivity contribution in [1.29, 1.82) is 0 Å². The lowest BCUT2D eigenvalue weighted by Gasteiger charge is -2.40. The lowest BCUT2D eigenvalue weighted by Crippen LogP contribution is -2.63. The normalized spacial score (nSPS) is 41.3. The van der Waals surface area contributed by atoms with Crippen molar-refractivity contribution in [3.8, 4) is 0 Å². The summed E-state index contributed by atoms with van der Waals surface area (Å²) in [6.07, 6.45) is -5.24. The predicted molar refractivity (Wildman–Crippen MR) is 47.6 cm³/mol. The smallest absolute Gasteiger partial charge is 0.217 e. The number of carbonyl (C=O) groups is 1. The molecule has 1 aliphatic heterocycles. The zero-order chi connectivity index (χ0) is 11.6. The van der Waals surface area contributed by atoms with E-state index in [0.717, 1.165) is 0 Å². The molecule has 0 bridgehead atoms. The van der Waals surface area contributed by atoms with E-state index >= 15 is 0 Å². The molecule has 0 aromatic heterocycles. The van der Waals surface area contributed by atoms with Crippen molar-refractivity contribution in [2.75, 3.05) is 6.61 Å². The van der Waals surface area contributed by atoms with Crippen LogP contribution >= 0.6 is 0 Å². The number of aliphatic hydroxyl groups is 4. The summed E-state index contributed by atoms with van der Waals surface area (Å²) in [4.78, 5) is 10.7. The molecule has 1 amide bonds. The van der Waals surface area contributed by atoms with Crippen LogP contribution in [0.15, 0.2) is 0 Å². The summed E-state index contributed by atoms with van der Waals surface area (Å²) in [5.41, 5.74) is 0. The number of hydrogen-bond donors (Lipinski definition) is 5. The molecule has 1 rings (SSSR count). The van der Waals surface area contributed by atoms with Gasteiger partial charge in [0.05, 0.1) is 6.61 Å². The number of nitrogens with one attached hydrogen (secondary N) is 1. The first-order valence-electron chi connectivity index (χ1n) is 4.55. The Morgan fingerprint density at radius 1 is 1.33 bits per heavy atom. The van der Waals surface area contributed by atoms with Gasteiger partial charge in [-0.2, -0.15) is 0 Å². The molecule has 0 aromatic rings. The van der Waals surface area contributed by atoms with E-state index in [1.807, 2.05) is 0 Å². The zero-order valence-corrected chi connectivity index (χ0v) is 8.20. The molecule has 1 aliphatic rings. The highest BCUT2D eigenvalue weighted by atomic mass is 16.6. The van der Waals surface area contributed by atoms with Crippen molar-refractivity contribution < 1.29 is 30.0 Å². The minimum Gasteiger partial charge on any atom is -0.394 e. The Morgan fingerprint density at radius 3 is 2.40 bits per heavy atom. The minimum atomic E-state index is -1.45. The van der Waals surface area contributed by atoms with Crippen LogP contribution in [0.4, 0.5) is 0 Å². The largest absolute Gasteiger partial charge is 0.394 e. The average Bonchev–Trinajstić information content (AvgIpc) is 2.18. The summed E-state index contributed by atoms with van der Waals surface area (Å²) < 4.78 is 4.81. The molecule has 1 heterocycles. The first-order chi connectivity index (χ1) is 6.97. The molecule has 0 aliphatic carbocycles. The minimum absolute atomic E-state index is 0.462. The van der Waals surface area contributed by atoms with Crippen molar-refractivity contribution in [2.45, 2.75) is 37.6 Å². The summed E-state index contributed by atoms with van der Waals surface area (Å²) in [5, 5.41) is 39.4. The first kappa shape index (κ1) is 12.3. The van der Waals surface area contributed by atoms with Gasteiger partial charge in [-0.3, -0.25) is 4.79 Å². The second kappa shape index (κ2) is 4.86. The van der Waals surface area contributed by atoms with Crippen molar-refractivity contribution in [3.05, 3.63) is 0 Å². The average molecular weight is 221 g/mol. The summed E-state index contributed by atoms with van der Waals surface area (Å²) in [7, 11) is 0. The third-order valence-electron chi connectivity index (χ3n) is 2.27. The topological polar surface area (TPSA) is 119 Å². The number of hydrogen-bond acceptors (Lipinski definition) is 6. The Bertz CT molecular complexity index is 235. The fraction of sp³-hybridized carbons (Fsp3) is 0.875. The van der Waals surface area contributed by atoms with Crippen LogP contribution in [-0.4, -0.2) is 63.6 Å². The molecule has 88 valence electrons. The van der Waals surface area contributed by atoms with Gasteiger partial charge in [-0.05, 0) is 0 Å². The first-order valence-corrected chi connectivity index (χ1v) is 4.55. The van der Waals surface area contributed by atoms with Crippen molar-refractivity contribution in [2.24, 2.45) is 0 Å². The fourth-order valence-electron chi connectivity index (χ4n) is 1.49. The fourth-order valence-corrected chi connectivity index (χ4v) is 1.49. The van der Waals surface area contributed by atoms with Gasteiger partial charge in [0.25, 0.3) is 0 Å². The molecule has 0 spiro atoms. The van der Waals surface area contributed by atoms with Gasteiger partial charge in [0.2, 0.25) is 5.91 Å². The summed E-state index contributed by atoms with van der Waals surface area (Å²) in [6, 6.07) is -1.10. The van der Waals surface area contributed by atoms with E-state index in [9.17, 15) is 20.1 Å². The van der Waals surface area contributed by atoms with Gasteiger partial charge in [-0.1, -0.05) is 0 Å². The summed E-state index contributed by atoms with van der Waals surface area (Å²) in [6.45, 7) is 0.687. The van der Waals surface area contributed by atoms with E-state index in [-0.39, 0.29) is 0 Å². The number of carbonyl (C=O) groups excluding carboxylic acids is 1. The number of amides is 1. The van der Waals surface area contributed by atoms with Gasteiger partial charge in [0.15, 0.2) is 6.29 Å². The summed E-state index contributed by atoms with van der Waals surface area (Å²) >= 11 is 0. The maximum Gasteiger partial charge on any atom is 0.217 e. The molecular formula is C8H15NO6. The molecule has 7 heteroatoms. The number of rotatable bonds is 2. The Morgan fingerprint density at radius 2 is 1.93 bits per heavy atom. The molecule has 4 unspecified atom stereocenters. The lowest BCUT2D eigenvalue weighted by atomic mass is 9.97. The van der Waals surface area contributed by atoms with Crippen LogP contribution < -0.4 is 5.32 Å². The number of aliphatic hydroxyl groups excluding tert-OH is 4. The van der Waals surface area contributed by atoms with Crippen LogP contribution in [0.1, 0.15) is 6.92 Å². The molecular weight excluding hydrogens is 206 g/mol. The maximum absolute atomic E-state index is 10.7. The molecule has 7 nitrogen and oxygen atoms in total. The third-order valence-corrected chi connectivity index (χ3v) is 2.27. The molecule has 5 N–H and O–H groups in total. The van der Waals surface area contributed by atoms with E-state index in [1.165, 1.54) is 6.92 Å². The molecule has 1 fully saturated rings. The Hall–Kier alpha value is -0.730. The summed E-state index contributed by atoms with van der Waals surface area (Å²) in [5.74, 6) is -0.462. The van der Waals surface area contributed by atoms with Gasteiger partial charge >= 0.3 is 0 Å². The molecule has 0 radical (unpaired) electrons. The molecule has 0 aromatic carbocycles. The SMILES string of the molecule is CC(=O)N[C@@H]1C(O)OC(CO)C(O)C1O. The van der Waals surface area contributed by atoms with Crippen LogP contribution in [0.25, 0.3) is 0 Å².